The molecule has 1 aromatic carbocycles. The van der Waals surface area contributed by atoms with Crippen LogP contribution in [0.25, 0.3) is 0 Å². The molecule has 0 spiro atoms. The Balaban J connectivity index is 3.00. The van der Waals surface area contributed by atoms with Crippen molar-refractivity contribution in [1.29, 1.82) is 0 Å². The number of hydrogen-bond acceptors (Lipinski definition) is 3. The summed E-state index contributed by atoms with van der Waals surface area (Å²) in [4.78, 5) is 0. The summed E-state index contributed by atoms with van der Waals surface area (Å²) in [7, 11) is 0. The average molecular weight is 255 g/mol. The van der Waals surface area contributed by atoms with Crippen LogP contribution in [-0.2, 0) is 0 Å². The van der Waals surface area contributed by atoms with Gasteiger partial charge in [0.25, 0.3) is 0 Å². The van der Waals surface area contributed by atoms with Gasteiger partial charge in [-0.3, -0.25) is 0 Å². The third kappa shape index (κ3) is 3.20. The lowest BCUT2D eigenvalue weighted by atomic mass is 10.2. The first-order chi connectivity index (χ1) is 7.33. The second-order valence-corrected chi connectivity index (χ2v) is 3.08. The van der Waals surface area contributed by atoms with E-state index in [0.29, 0.717) is 0 Å². The number of halogens is 4. The lowest BCUT2D eigenvalue weighted by Crippen LogP contribution is -2.18. The molecular weight excluding hydrogens is 249 g/mol. The van der Waals surface area contributed by atoms with Gasteiger partial charge in [-0.15, -0.1) is 13.2 Å². The summed E-state index contributed by atoms with van der Waals surface area (Å²) >= 11 is 5.61. The number of rotatable bonds is 2. The summed E-state index contributed by atoms with van der Waals surface area (Å²) in [5.41, 5.74) is 5.33. The van der Waals surface area contributed by atoms with Crippen LogP contribution in [0.2, 0.25) is 5.02 Å². The van der Waals surface area contributed by atoms with Crippen molar-refractivity contribution in [2.75, 3.05) is 0 Å². The standard InChI is InChI=1S/C8H6ClF3N2O2/c9-6-3-4(16-8(10,11)12)1-2-5(6)7(13)14-15/h1-3,15H,(H2,13,14). The second-order valence-electron chi connectivity index (χ2n) is 2.67. The molecule has 1 aromatic rings. The number of hydrogen-bond donors (Lipinski definition) is 2. The molecule has 0 saturated carbocycles. The molecule has 0 saturated heterocycles. The number of benzene rings is 1. The molecule has 0 unspecified atom stereocenters. The minimum absolute atomic E-state index is 0.110. The Hall–Kier alpha value is -1.63. The molecule has 88 valence electrons. The molecule has 0 aliphatic rings. The summed E-state index contributed by atoms with van der Waals surface area (Å²) < 4.78 is 39.2. The van der Waals surface area contributed by atoms with Crippen molar-refractivity contribution in [3.05, 3.63) is 28.8 Å². The molecule has 4 nitrogen and oxygen atoms in total. The SMILES string of the molecule is NC(=NO)c1ccc(OC(F)(F)F)cc1Cl. The highest BCUT2D eigenvalue weighted by molar-refractivity contribution is 6.34. The lowest BCUT2D eigenvalue weighted by molar-refractivity contribution is -0.274. The fourth-order valence-electron chi connectivity index (χ4n) is 0.955. The predicted octanol–water partition coefficient (Wildman–Crippen LogP) is 2.33. The van der Waals surface area contributed by atoms with E-state index in [4.69, 9.17) is 22.5 Å². The van der Waals surface area contributed by atoms with Gasteiger partial charge in [0.2, 0.25) is 0 Å². The van der Waals surface area contributed by atoms with Crippen LogP contribution >= 0.6 is 11.6 Å². The maximum atomic E-state index is 11.8. The van der Waals surface area contributed by atoms with Crippen LogP contribution in [0.5, 0.6) is 5.75 Å². The summed E-state index contributed by atoms with van der Waals surface area (Å²) in [5, 5.41) is 10.9. The van der Waals surface area contributed by atoms with Crippen molar-refractivity contribution in [3.8, 4) is 5.75 Å². The van der Waals surface area contributed by atoms with Gasteiger partial charge in [0.15, 0.2) is 5.84 Å². The lowest BCUT2D eigenvalue weighted by Gasteiger charge is -2.10. The van der Waals surface area contributed by atoms with Crippen LogP contribution in [-0.4, -0.2) is 17.4 Å². The van der Waals surface area contributed by atoms with E-state index >= 15 is 0 Å². The molecule has 8 heteroatoms. The molecule has 1 rings (SSSR count). The highest BCUT2D eigenvalue weighted by Crippen LogP contribution is 2.27. The monoisotopic (exact) mass is 254 g/mol. The zero-order valence-corrected chi connectivity index (χ0v) is 8.38. The van der Waals surface area contributed by atoms with Crippen molar-refractivity contribution in [3.63, 3.8) is 0 Å². The highest BCUT2D eigenvalue weighted by atomic mass is 35.5. The molecule has 3 N–H and O–H groups in total. The topological polar surface area (TPSA) is 67.8 Å². The Morgan fingerprint density at radius 1 is 1.44 bits per heavy atom. The molecule has 0 atom stereocenters. The summed E-state index contributed by atoms with van der Waals surface area (Å²) in [6.07, 6.45) is -4.79. The highest BCUT2D eigenvalue weighted by Gasteiger charge is 2.31. The fourth-order valence-corrected chi connectivity index (χ4v) is 1.22. The van der Waals surface area contributed by atoms with Crippen LogP contribution < -0.4 is 10.5 Å². The van der Waals surface area contributed by atoms with E-state index in [-0.39, 0.29) is 16.4 Å². The molecule has 0 heterocycles. The van der Waals surface area contributed by atoms with Crippen molar-refractivity contribution < 1.29 is 23.1 Å². The van der Waals surface area contributed by atoms with E-state index in [9.17, 15) is 13.2 Å². The van der Waals surface area contributed by atoms with Crippen LogP contribution in [0.3, 0.4) is 0 Å². The normalized spacial score (nSPS) is 12.6. The van der Waals surface area contributed by atoms with E-state index < -0.39 is 12.1 Å². The Bertz CT molecular complexity index is 420. The van der Waals surface area contributed by atoms with E-state index in [1.54, 1.807) is 0 Å². The van der Waals surface area contributed by atoms with E-state index in [1.165, 1.54) is 0 Å². The number of nitrogens with two attached hydrogens (primary N) is 1. The molecule has 0 aromatic heterocycles. The first-order valence-corrected chi connectivity index (χ1v) is 4.24. The zero-order chi connectivity index (χ0) is 12.3. The van der Waals surface area contributed by atoms with Crippen molar-refractivity contribution >= 4 is 17.4 Å². The zero-order valence-electron chi connectivity index (χ0n) is 7.62. The number of alkyl halides is 3. The third-order valence-corrected chi connectivity index (χ3v) is 1.87. The van der Waals surface area contributed by atoms with Gasteiger partial charge in [0.05, 0.1) is 5.02 Å². The predicted molar refractivity (Wildman–Crippen MR) is 50.6 cm³/mol. The van der Waals surface area contributed by atoms with E-state index in [2.05, 4.69) is 9.89 Å². The van der Waals surface area contributed by atoms with E-state index in [0.717, 1.165) is 18.2 Å². The molecule has 0 fully saturated rings. The van der Waals surface area contributed by atoms with Gasteiger partial charge in [-0.05, 0) is 18.2 Å². The van der Waals surface area contributed by atoms with Gasteiger partial charge < -0.3 is 15.7 Å². The fraction of sp³-hybridized carbons (Fsp3) is 0.125. The average Bonchev–Trinajstić information content (AvgIpc) is 2.14. The first kappa shape index (κ1) is 12.4. The first-order valence-electron chi connectivity index (χ1n) is 3.86. The number of amidine groups is 1. The molecule has 16 heavy (non-hydrogen) atoms. The largest absolute Gasteiger partial charge is 0.573 e. The minimum Gasteiger partial charge on any atom is -0.409 e. The van der Waals surface area contributed by atoms with Gasteiger partial charge in [0.1, 0.15) is 5.75 Å². The summed E-state index contributed by atoms with van der Waals surface area (Å²) in [5.74, 6) is -0.782. The number of oxime groups is 1. The van der Waals surface area contributed by atoms with Crippen molar-refractivity contribution in [2.45, 2.75) is 6.36 Å². The van der Waals surface area contributed by atoms with Crippen molar-refractivity contribution in [2.24, 2.45) is 10.9 Å². The molecule has 0 radical (unpaired) electrons. The molecule has 0 amide bonds. The third-order valence-electron chi connectivity index (χ3n) is 1.56. The van der Waals surface area contributed by atoms with Crippen LogP contribution in [0.4, 0.5) is 13.2 Å². The van der Waals surface area contributed by atoms with Gasteiger partial charge in [0, 0.05) is 5.56 Å². The van der Waals surface area contributed by atoms with Crippen LogP contribution in [0, 0.1) is 0 Å². The second kappa shape index (κ2) is 4.48. The number of ether oxygens (including phenoxy) is 1. The van der Waals surface area contributed by atoms with Crippen LogP contribution in [0.1, 0.15) is 5.56 Å². The minimum atomic E-state index is -4.79. The van der Waals surface area contributed by atoms with Gasteiger partial charge in [-0.1, -0.05) is 16.8 Å². The Kier molecular flexibility index (Phi) is 3.48. The Morgan fingerprint density at radius 3 is 2.50 bits per heavy atom. The molecule has 0 aliphatic carbocycles. The van der Waals surface area contributed by atoms with Gasteiger partial charge >= 0.3 is 6.36 Å². The summed E-state index contributed by atoms with van der Waals surface area (Å²) in [6.45, 7) is 0. The number of nitrogens with zero attached hydrogens (tertiary/aromatic N) is 1. The maximum absolute atomic E-state index is 11.8. The smallest absolute Gasteiger partial charge is 0.409 e. The molecule has 0 aliphatic heterocycles. The molecule has 0 bridgehead atoms. The summed E-state index contributed by atoms with van der Waals surface area (Å²) in [6, 6.07) is 3.08. The Labute approximate surface area is 93.1 Å². The van der Waals surface area contributed by atoms with Gasteiger partial charge in [-0.2, -0.15) is 0 Å². The van der Waals surface area contributed by atoms with E-state index in [1.807, 2.05) is 0 Å². The maximum Gasteiger partial charge on any atom is 0.573 e. The quantitative estimate of drug-likeness (QED) is 0.368. The Morgan fingerprint density at radius 2 is 2.06 bits per heavy atom. The van der Waals surface area contributed by atoms with Gasteiger partial charge in [-0.25, -0.2) is 0 Å². The van der Waals surface area contributed by atoms with Crippen LogP contribution in [0.15, 0.2) is 23.4 Å². The molecular formula is C8H6ClF3N2O2. The van der Waals surface area contributed by atoms with Crippen molar-refractivity contribution in [1.82, 2.24) is 0 Å².